The van der Waals surface area contributed by atoms with Gasteiger partial charge in [0.2, 0.25) is 0 Å². The first-order valence-corrected chi connectivity index (χ1v) is 9.15. The average molecular weight is 371 g/mol. The SMILES string of the molecule is CON(C)S(=O)(=O)c1cccc(C(=O)Nc2cccc3cccnc23)c1. The molecule has 1 heterocycles. The quantitative estimate of drug-likeness (QED) is 0.697. The maximum Gasteiger partial charge on any atom is 0.264 e. The number of nitrogens with one attached hydrogen (secondary N) is 1. The molecular weight excluding hydrogens is 354 g/mol. The van der Waals surface area contributed by atoms with Crippen molar-refractivity contribution in [2.45, 2.75) is 4.90 Å². The van der Waals surface area contributed by atoms with Crippen molar-refractivity contribution in [3.8, 4) is 0 Å². The Balaban J connectivity index is 1.93. The van der Waals surface area contributed by atoms with Crippen LogP contribution in [0.5, 0.6) is 0 Å². The van der Waals surface area contributed by atoms with Crippen molar-refractivity contribution < 1.29 is 18.0 Å². The van der Waals surface area contributed by atoms with Crippen molar-refractivity contribution >= 4 is 32.5 Å². The molecule has 0 aliphatic heterocycles. The van der Waals surface area contributed by atoms with Crippen LogP contribution in [0.3, 0.4) is 0 Å². The monoisotopic (exact) mass is 371 g/mol. The van der Waals surface area contributed by atoms with E-state index in [1.807, 2.05) is 24.3 Å². The molecule has 3 rings (SSSR count). The van der Waals surface area contributed by atoms with Crippen LogP contribution < -0.4 is 5.32 Å². The fraction of sp³-hybridized carbons (Fsp3) is 0.111. The molecule has 134 valence electrons. The van der Waals surface area contributed by atoms with Gasteiger partial charge in [-0.05, 0) is 30.3 Å². The summed E-state index contributed by atoms with van der Waals surface area (Å²) in [7, 11) is -1.30. The minimum Gasteiger partial charge on any atom is -0.320 e. The highest BCUT2D eigenvalue weighted by Gasteiger charge is 2.22. The molecule has 0 bridgehead atoms. The number of nitrogens with zero attached hydrogens (tertiary/aromatic N) is 2. The van der Waals surface area contributed by atoms with Gasteiger partial charge in [-0.25, -0.2) is 8.42 Å². The Morgan fingerprint density at radius 1 is 1.12 bits per heavy atom. The molecule has 3 aromatic rings. The van der Waals surface area contributed by atoms with E-state index in [4.69, 9.17) is 4.84 Å². The van der Waals surface area contributed by atoms with Crippen molar-refractivity contribution in [1.82, 2.24) is 9.45 Å². The van der Waals surface area contributed by atoms with E-state index in [9.17, 15) is 13.2 Å². The van der Waals surface area contributed by atoms with Crippen LogP contribution in [0.2, 0.25) is 0 Å². The second-order valence-corrected chi connectivity index (χ2v) is 7.40. The molecule has 0 saturated carbocycles. The van der Waals surface area contributed by atoms with Crippen LogP contribution in [0.1, 0.15) is 10.4 Å². The molecule has 0 radical (unpaired) electrons. The van der Waals surface area contributed by atoms with E-state index in [0.717, 1.165) is 9.85 Å². The van der Waals surface area contributed by atoms with Crippen molar-refractivity contribution in [1.29, 1.82) is 0 Å². The van der Waals surface area contributed by atoms with Gasteiger partial charge < -0.3 is 5.32 Å². The van der Waals surface area contributed by atoms with E-state index < -0.39 is 15.9 Å². The molecule has 1 aromatic heterocycles. The lowest BCUT2D eigenvalue weighted by atomic mass is 10.1. The summed E-state index contributed by atoms with van der Waals surface area (Å²) in [5.74, 6) is -0.430. The van der Waals surface area contributed by atoms with Crippen LogP contribution in [0.4, 0.5) is 5.69 Å². The molecule has 1 N–H and O–H groups in total. The van der Waals surface area contributed by atoms with Gasteiger partial charge in [0.15, 0.2) is 0 Å². The van der Waals surface area contributed by atoms with E-state index in [-0.39, 0.29) is 10.5 Å². The molecule has 1 amide bonds. The zero-order chi connectivity index (χ0) is 18.7. The fourth-order valence-electron chi connectivity index (χ4n) is 2.44. The molecule has 0 unspecified atom stereocenters. The second-order valence-electron chi connectivity index (χ2n) is 5.46. The van der Waals surface area contributed by atoms with Gasteiger partial charge in [-0.1, -0.05) is 28.7 Å². The number of rotatable bonds is 5. The van der Waals surface area contributed by atoms with Gasteiger partial charge >= 0.3 is 0 Å². The van der Waals surface area contributed by atoms with Crippen molar-refractivity contribution in [3.63, 3.8) is 0 Å². The molecule has 26 heavy (non-hydrogen) atoms. The third kappa shape index (κ3) is 3.43. The topological polar surface area (TPSA) is 88.6 Å². The smallest absolute Gasteiger partial charge is 0.264 e. The third-order valence-corrected chi connectivity index (χ3v) is 5.55. The van der Waals surface area contributed by atoms with E-state index in [1.54, 1.807) is 18.3 Å². The summed E-state index contributed by atoms with van der Waals surface area (Å²) >= 11 is 0. The zero-order valence-electron chi connectivity index (χ0n) is 14.2. The maximum atomic E-state index is 12.6. The largest absolute Gasteiger partial charge is 0.320 e. The predicted octanol–water partition coefficient (Wildman–Crippen LogP) is 2.67. The number of aromatic nitrogens is 1. The Labute approximate surface area is 151 Å². The maximum absolute atomic E-state index is 12.6. The molecule has 2 aromatic carbocycles. The Kier molecular flexibility index (Phi) is 4.99. The molecule has 0 saturated heterocycles. The van der Waals surface area contributed by atoms with Crippen molar-refractivity contribution in [3.05, 3.63) is 66.4 Å². The third-order valence-electron chi connectivity index (χ3n) is 3.87. The number of sulfonamides is 1. The summed E-state index contributed by atoms with van der Waals surface area (Å²) in [5.41, 5.74) is 1.42. The van der Waals surface area contributed by atoms with Crippen LogP contribution in [-0.4, -0.2) is 37.9 Å². The van der Waals surface area contributed by atoms with E-state index in [1.165, 1.54) is 32.4 Å². The van der Waals surface area contributed by atoms with Crippen LogP contribution >= 0.6 is 0 Å². The number of benzene rings is 2. The second kappa shape index (κ2) is 7.20. The van der Waals surface area contributed by atoms with Gasteiger partial charge in [0.05, 0.1) is 23.2 Å². The lowest BCUT2D eigenvalue weighted by molar-refractivity contribution is -0.0258. The Hall–Kier alpha value is -2.81. The lowest BCUT2D eigenvalue weighted by Gasteiger charge is -2.14. The number of carbonyl (C=O) groups excluding carboxylic acids is 1. The normalized spacial score (nSPS) is 11.7. The Bertz CT molecular complexity index is 1060. The molecule has 0 spiro atoms. The number of hydrogen-bond donors (Lipinski definition) is 1. The number of hydrogen-bond acceptors (Lipinski definition) is 5. The van der Waals surface area contributed by atoms with Crippen molar-refractivity contribution in [2.75, 3.05) is 19.5 Å². The molecular formula is C18H17N3O4S. The summed E-state index contributed by atoms with van der Waals surface area (Å²) in [6.07, 6.45) is 1.64. The predicted molar refractivity (Wildman–Crippen MR) is 98.1 cm³/mol. The number of carbonyl (C=O) groups is 1. The molecule has 8 heteroatoms. The van der Waals surface area contributed by atoms with Crippen LogP contribution in [0.25, 0.3) is 10.9 Å². The van der Waals surface area contributed by atoms with Gasteiger partial charge in [-0.2, -0.15) is 0 Å². The minimum absolute atomic E-state index is 0.0365. The van der Waals surface area contributed by atoms with Crippen molar-refractivity contribution in [2.24, 2.45) is 0 Å². The number of amides is 1. The molecule has 0 aliphatic rings. The fourth-order valence-corrected chi connectivity index (χ4v) is 3.46. The number of hydroxylamine groups is 1. The number of para-hydroxylation sites is 1. The van der Waals surface area contributed by atoms with E-state index in [2.05, 4.69) is 10.3 Å². The first kappa shape index (κ1) is 18.0. The minimum atomic E-state index is -3.83. The summed E-state index contributed by atoms with van der Waals surface area (Å²) < 4.78 is 25.4. The molecule has 7 nitrogen and oxygen atoms in total. The molecule has 0 atom stereocenters. The molecule has 0 fully saturated rings. The average Bonchev–Trinajstić information content (AvgIpc) is 2.67. The Morgan fingerprint density at radius 3 is 2.62 bits per heavy atom. The van der Waals surface area contributed by atoms with Gasteiger partial charge in [0.25, 0.3) is 15.9 Å². The van der Waals surface area contributed by atoms with Gasteiger partial charge in [0.1, 0.15) is 0 Å². The number of pyridine rings is 1. The number of anilines is 1. The van der Waals surface area contributed by atoms with Crippen LogP contribution in [0.15, 0.2) is 65.7 Å². The zero-order valence-corrected chi connectivity index (χ0v) is 15.0. The first-order chi connectivity index (χ1) is 12.4. The van der Waals surface area contributed by atoms with Gasteiger partial charge in [-0.15, -0.1) is 0 Å². The Morgan fingerprint density at radius 2 is 1.85 bits per heavy atom. The lowest BCUT2D eigenvalue weighted by Crippen LogP contribution is -2.26. The van der Waals surface area contributed by atoms with Gasteiger partial charge in [-0.3, -0.25) is 14.6 Å². The molecule has 0 aliphatic carbocycles. The van der Waals surface area contributed by atoms with E-state index in [0.29, 0.717) is 11.2 Å². The highest BCUT2D eigenvalue weighted by Crippen LogP contribution is 2.22. The summed E-state index contributed by atoms with van der Waals surface area (Å²) in [4.78, 5) is 21.6. The first-order valence-electron chi connectivity index (χ1n) is 7.71. The summed E-state index contributed by atoms with van der Waals surface area (Å²) in [6.45, 7) is 0. The van der Waals surface area contributed by atoms with Crippen LogP contribution in [0, 0.1) is 0 Å². The highest BCUT2D eigenvalue weighted by molar-refractivity contribution is 7.89. The summed E-state index contributed by atoms with van der Waals surface area (Å²) in [5, 5.41) is 3.67. The number of fused-ring (bicyclic) bond motifs is 1. The van der Waals surface area contributed by atoms with Crippen LogP contribution in [-0.2, 0) is 14.9 Å². The standard InChI is InChI=1S/C18H17N3O4S/c1-21(25-2)26(23,24)15-9-3-7-14(12-15)18(22)20-16-10-4-6-13-8-5-11-19-17(13)16/h3-12H,1-2H3,(H,20,22). The highest BCUT2D eigenvalue weighted by atomic mass is 32.2. The van der Waals surface area contributed by atoms with E-state index >= 15 is 0 Å². The summed E-state index contributed by atoms with van der Waals surface area (Å²) in [6, 6.07) is 14.9. The van der Waals surface area contributed by atoms with Gasteiger partial charge in [0, 0.05) is 24.2 Å².